The van der Waals surface area contributed by atoms with Crippen molar-refractivity contribution in [2.75, 3.05) is 6.54 Å². The van der Waals surface area contributed by atoms with E-state index in [-0.39, 0.29) is 23.5 Å². The molecule has 1 saturated carbocycles. The van der Waals surface area contributed by atoms with E-state index >= 15 is 0 Å². The van der Waals surface area contributed by atoms with Crippen LogP contribution in [-0.4, -0.2) is 23.7 Å². The quantitative estimate of drug-likeness (QED) is 0.684. The zero-order chi connectivity index (χ0) is 13.6. The summed E-state index contributed by atoms with van der Waals surface area (Å²) in [7, 11) is 0. The fourth-order valence-corrected chi connectivity index (χ4v) is 3.51. The number of carbonyl (C=O) groups is 2. The first kappa shape index (κ1) is 14.7. The molecule has 0 aromatic carbocycles. The van der Waals surface area contributed by atoms with Crippen molar-refractivity contribution in [2.24, 2.45) is 0 Å². The van der Waals surface area contributed by atoms with E-state index in [1.165, 1.54) is 38.5 Å². The minimum absolute atomic E-state index is 0.150. The Hall–Kier alpha value is -0.700. The minimum atomic E-state index is 0.150. The molecule has 1 unspecified atom stereocenters. The predicted octanol–water partition coefficient (Wildman–Crippen LogP) is 3.16. The van der Waals surface area contributed by atoms with E-state index in [0.717, 1.165) is 25.8 Å². The molecule has 0 radical (unpaired) electrons. The average molecular weight is 265 g/mol. The molecule has 1 spiro atoms. The van der Waals surface area contributed by atoms with E-state index < -0.39 is 0 Å². The van der Waals surface area contributed by atoms with Crippen LogP contribution >= 0.6 is 0 Å². The molecule has 0 bridgehead atoms. The highest BCUT2D eigenvalue weighted by Crippen LogP contribution is 2.31. The van der Waals surface area contributed by atoms with Crippen molar-refractivity contribution in [2.45, 2.75) is 82.6 Å². The summed E-state index contributed by atoms with van der Waals surface area (Å²) < 4.78 is 0. The summed E-state index contributed by atoms with van der Waals surface area (Å²) in [4.78, 5) is 23.6. The highest BCUT2D eigenvalue weighted by atomic mass is 16.1. The van der Waals surface area contributed by atoms with E-state index in [2.05, 4.69) is 5.32 Å². The summed E-state index contributed by atoms with van der Waals surface area (Å²) in [6, 6.07) is 0. The lowest BCUT2D eigenvalue weighted by molar-refractivity contribution is -0.127. The van der Waals surface area contributed by atoms with Gasteiger partial charge in [-0.15, -0.1) is 0 Å². The van der Waals surface area contributed by atoms with Crippen molar-refractivity contribution in [1.29, 1.82) is 0 Å². The maximum absolute atomic E-state index is 11.9. The number of hydrogen-bond donors (Lipinski definition) is 1. The lowest BCUT2D eigenvalue weighted by atomic mass is 9.85. The van der Waals surface area contributed by atoms with Gasteiger partial charge in [0, 0.05) is 18.4 Å². The highest BCUT2D eigenvalue weighted by Gasteiger charge is 2.33. The third-order valence-corrected chi connectivity index (χ3v) is 4.72. The lowest BCUT2D eigenvalue weighted by Crippen LogP contribution is -2.40. The SMILES string of the molecule is O=C1CCCCCCCC2(CCCN2)CCC(=O)C1. The Morgan fingerprint density at radius 3 is 2.21 bits per heavy atom. The Kier molecular flexibility index (Phi) is 5.56. The van der Waals surface area contributed by atoms with Crippen molar-refractivity contribution >= 4 is 11.6 Å². The summed E-state index contributed by atoms with van der Waals surface area (Å²) >= 11 is 0. The number of ketones is 2. The Labute approximate surface area is 116 Å². The standard InChI is InChI=1S/C16H27NO2/c18-14-7-4-2-1-3-5-9-16(10-6-12-17-16)11-8-15(19)13-14/h17H,1-13H2. The molecule has 108 valence electrons. The van der Waals surface area contributed by atoms with Crippen molar-refractivity contribution < 1.29 is 9.59 Å². The predicted molar refractivity (Wildman–Crippen MR) is 76.2 cm³/mol. The summed E-state index contributed by atoms with van der Waals surface area (Å²) in [6.45, 7) is 1.09. The molecule has 1 saturated heterocycles. The van der Waals surface area contributed by atoms with Gasteiger partial charge in [0.15, 0.2) is 0 Å². The van der Waals surface area contributed by atoms with Crippen LogP contribution in [0.4, 0.5) is 0 Å². The van der Waals surface area contributed by atoms with Gasteiger partial charge in [0.05, 0.1) is 6.42 Å². The third-order valence-electron chi connectivity index (χ3n) is 4.72. The number of rotatable bonds is 0. The molecule has 3 nitrogen and oxygen atoms in total. The molecule has 2 fully saturated rings. The summed E-state index contributed by atoms with van der Waals surface area (Å²) in [5, 5.41) is 3.63. The van der Waals surface area contributed by atoms with E-state index in [1.807, 2.05) is 0 Å². The van der Waals surface area contributed by atoms with Crippen molar-refractivity contribution in [3.8, 4) is 0 Å². The van der Waals surface area contributed by atoms with Crippen LogP contribution in [0.5, 0.6) is 0 Å². The van der Waals surface area contributed by atoms with Crippen molar-refractivity contribution in [3.63, 3.8) is 0 Å². The normalized spacial score (nSPS) is 31.8. The molecule has 1 aliphatic heterocycles. The molecule has 2 aliphatic rings. The van der Waals surface area contributed by atoms with Gasteiger partial charge in [0.2, 0.25) is 0 Å². The Bertz CT molecular complexity index is 319. The van der Waals surface area contributed by atoms with Crippen LogP contribution in [0.15, 0.2) is 0 Å². The Balaban J connectivity index is 1.93. The molecule has 1 aliphatic carbocycles. The van der Waals surface area contributed by atoms with Gasteiger partial charge < -0.3 is 5.32 Å². The van der Waals surface area contributed by atoms with Crippen molar-refractivity contribution in [3.05, 3.63) is 0 Å². The number of nitrogens with one attached hydrogen (secondary N) is 1. The first-order valence-electron chi connectivity index (χ1n) is 7.99. The van der Waals surface area contributed by atoms with Gasteiger partial charge in [0.25, 0.3) is 0 Å². The van der Waals surface area contributed by atoms with Crippen molar-refractivity contribution in [1.82, 2.24) is 5.32 Å². The first-order chi connectivity index (χ1) is 9.20. The number of hydrogen-bond acceptors (Lipinski definition) is 3. The number of Topliss-reactive ketones (excluding diaryl/α,β-unsaturated/α-hetero) is 2. The summed E-state index contributed by atoms with van der Waals surface area (Å²) in [6.07, 6.45) is 11.8. The molecular weight excluding hydrogens is 238 g/mol. The molecule has 19 heavy (non-hydrogen) atoms. The fourth-order valence-electron chi connectivity index (χ4n) is 3.51. The maximum atomic E-state index is 11.9. The van der Waals surface area contributed by atoms with Gasteiger partial charge in [-0.25, -0.2) is 0 Å². The van der Waals surface area contributed by atoms with Crippen LogP contribution in [0, 0.1) is 0 Å². The Morgan fingerprint density at radius 2 is 1.42 bits per heavy atom. The van der Waals surface area contributed by atoms with Gasteiger partial charge in [-0.2, -0.15) is 0 Å². The topological polar surface area (TPSA) is 46.2 Å². The van der Waals surface area contributed by atoms with E-state index in [4.69, 9.17) is 0 Å². The molecule has 3 heteroatoms. The third kappa shape index (κ3) is 4.72. The second-order valence-electron chi connectivity index (χ2n) is 6.33. The molecule has 0 amide bonds. The molecule has 1 heterocycles. The lowest BCUT2D eigenvalue weighted by Gasteiger charge is -2.29. The van der Waals surface area contributed by atoms with E-state index in [9.17, 15) is 9.59 Å². The second-order valence-corrected chi connectivity index (χ2v) is 6.33. The molecule has 0 aromatic rings. The average Bonchev–Trinajstić information content (AvgIpc) is 2.84. The molecular formula is C16H27NO2. The van der Waals surface area contributed by atoms with Crippen LogP contribution in [0.1, 0.15) is 77.0 Å². The second kappa shape index (κ2) is 7.18. The molecule has 1 atom stereocenters. The minimum Gasteiger partial charge on any atom is -0.311 e. The fraction of sp³-hybridized carbons (Fsp3) is 0.875. The monoisotopic (exact) mass is 265 g/mol. The van der Waals surface area contributed by atoms with Gasteiger partial charge in [0.1, 0.15) is 11.6 Å². The summed E-state index contributed by atoms with van der Waals surface area (Å²) in [5.74, 6) is 0.301. The van der Waals surface area contributed by atoms with E-state index in [1.54, 1.807) is 0 Å². The zero-order valence-corrected chi connectivity index (χ0v) is 12.0. The van der Waals surface area contributed by atoms with Gasteiger partial charge >= 0.3 is 0 Å². The van der Waals surface area contributed by atoms with Crippen LogP contribution < -0.4 is 5.32 Å². The summed E-state index contributed by atoms with van der Waals surface area (Å²) in [5.41, 5.74) is 0.201. The smallest absolute Gasteiger partial charge is 0.140 e. The molecule has 0 aromatic heterocycles. The van der Waals surface area contributed by atoms with Crippen LogP contribution in [0.2, 0.25) is 0 Å². The van der Waals surface area contributed by atoms with Crippen LogP contribution in [0.3, 0.4) is 0 Å². The highest BCUT2D eigenvalue weighted by molar-refractivity contribution is 5.99. The first-order valence-corrected chi connectivity index (χ1v) is 7.99. The van der Waals surface area contributed by atoms with E-state index in [0.29, 0.717) is 12.8 Å². The van der Waals surface area contributed by atoms with Crippen LogP contribution in [-0.2, 0) is 9.59 Å². The molecule has 2 rings (SSSR count). The molecule has 1 N–H and O–H groups in total. The zero-order valence-electron chi connectivity index (χ0n) is 12.0. The maximum Gasteiger partial charge on any atom is 0.140 e. The van der Waals surface area contributed by atoms with Crippen LogP contribution in [0.25, 0.3) is 0 Å². The van der Waals surface area contributed by atoms with Gasteiger partial charge in [-0.05, 0) is 38.6 Å². The number of carbonyl (C=O) groups excluding carboxylic acids is 2. The van der Waals surface area contributed by atoms with Gasteiger partial charge in [-0.3, -0.25) is 9.59 Å². The largest absolute Gasteiger partial charge is 0.311 e. The Morgan fingerprint density at radius 1 is 0.737 bits per heavy atom. The van der Waals surface area contributed by atoms with Gasteiger partial charge in [-0.1, -0.05) is 25.7 Å².